The molecule has 1 aliphatic rings. The van der Waals surface area contributed by atoms with Crippen molar-refractivity contribution >= 4 is 17.7 Å². The Morgan fingerprint density at radius 1 is 1.56 bits per heavy atom. The number of hydrogen-bond acceptors (Lipinski definition) is 3. The number of carbonyl (C=O) groups excluding carboxylic acids is 1. The molecule has 2 atom stereocenters. The molecular weight excluding hydrogens is 220 g/mol. The van der Waals surface area contributed by atoms with Crippen LogP contribution in [-0.2, 0) is 4.79 Å². The van der Waals surface area contributed by atoms with Crippen molar-refractivity contribution in [2.75, 3.05) is 12.3 Å². The molecule has 0 bridgehead atoms. The number of hydrogen-bond donors (Lipinski definition) is 1. The van der Waals surface area contributed by atoms with Gasteiger partial charge in [0.2, 0.25) is 5.91 Å². The second kappa shape index (κ2) is 6.80. The molecule has 4 heteroatoms. The zero-order valence-electron chi connectivity index (χ0n) is 10.0. The summed E-state index contributed by atoms with van der Waals surface area (Å²) in [6.45, 7) is 4.53. The maximum Gasteiger partial charge on any atom is 0.237 e. The molecule has 0 aromatic rings. The van der Waals surface area contributed by atoms with Crippen LogP contribution in [0.1, 0.15) is 33.1 Å². The maximum atomic E-state index is 11.7. The van der Waals surface area contributed by atoms with Gasteiger partial charge in [-0.2, -0.15) is 17.0 Å². The average molecular weight is 240 g/mol. The van der Waals surface area contributed by atoms with Gasteiger partial charge in [-0.15, -0.1) is 0 Å². The number of nitrogens with one attached hydrogen (secondary N) is 1. The molecule has 1 fully saturated rings. The van der Waals surface area contributed by atoms with Crippen LogP contribution in [0.15, 0.2) is 0 Å². The van der Waals surface area contributed by atoms with Crippen molar-refractivity contribution in [2.24, 2.45) is 11.8 Å². The summed E-state index contributed by atoms with van der Waals surface area (Å²) < 4.78 is 0. The molecular formula is C12H20N2OS. The fourth-order valence-corrected chi connectivity index (χ4v) is 3.04. The second-order valence-electron chi connectivity index (χ2n) is 4.58. The fraction of sp³-hybridized carbons (Fsp3) is 0.833. The standard InChI is InChI=1S/C12H20N2OS/c1-9(2)11(7-13)12(15)14-8-10-5-3-4-6-16-10/h9-11H,3-6,8H2,1-2H3,(H,14,15). The molecule has 0 saturated carbocycles. The molecule has 1 rings (SSSR count). The zero-order chi connectivity index (χ0) is 12.0. The fourth-order valence-electron chi connectivity index (χ4n) is 1.80. The van der Waals surface area contributed by atoms with Crippen molar-refractivity contribution in [3.05, 3.63) is 0 Å². The van der Waals surface area contributed by atoms with E-state index in [0.717, 1.165) is 0 Å². The predicted molar refractivity (Wildman–Crippen MR) is 67.0 cm³/mol. The van der Waals surface area contributed by atoms with Crippen molar-refractivity contribution in [1.29, 1.82) is 5.26 Å². The highest BCUT2D eigenvalue weighted by Gasteiger charge is 2.22. The van der Waals surface area contributed by atoms with Crippen molar-refractivity contribution in [1.82, 2.24) is 5.32 Å². The summed E-state index contributed by atoms with van der Waals surface area (Å²) in [4.78, 5) is 11.7. The van der Waals surface area contributed by atoms with E-state index in [1.54, 1.807) is 0 Å². The highest BCUT2D eigenvalue weighted by molar-refractivity contribution is 7.99. The minimum absolute atomic E-state index is 0.0870. The van der Waals surface area contributed by atoms with Crippen LogP contribution >= 0.6 is 11.8 Å². The Morgan fingerprint density at radius 2 is 2.31 bits per heavy atom. The van der Waals surface area contributed by atoms with Gasteiger partial charge < -0.3 is 5.32 Å². The number of thioether (sulfide) groups is 1. The van der Waals surface area contributed by atoms with Crippen LogP contribution in [0, 0.1) is 23.2 Å². The van der Waals surface area contributed by atoms with Gasteiger partial charge in [-0.25, -0.2) is 0 Å². The Balaban J connectivity index is 2.31. The van der Waals surface area contributed by atoms with Crippen molar-refractivity contribution in [2.45, 2.75) is 38.4 Å². The largest absolute Gasteiger partial charge is 0.354 e. The number of nitrogens with zero attached hydrogens (tertiary/aromatic N) is 1. The molecule has 0 aromatic carbocycles. The minimum atomic E-state index is -0.506. The van der Waals surface area contributed by atoms with E-state index in [1.165, 1.54) is 25.0 Å². The van der Waals surface area contributed by atoms with Gasteiger partial charge in [0.05, 0.1) is 6.07 Å². The van der Waals surface area contributed by atoms with Gasteiger partial charge >= 0.3 is 0 Å². The molecule has 1 heterocycles. The molecule has 0 spiro atoms. The first kappa shape index (κ1) is 13.4. The van der Waals surface area contributed by atoms with E-state index in [4.69, 9.17) is 5.26 Å². The van der Waals surface area contributed by atoms with Gasteiger partial charge in [0.25, 0.3) is 0 Å². The molecule has 1 amide bonds. The lowest BCUT2D eigenvalue weighted by Crippen LogP contribution is -2.37. The molecule has 90 valence electrons. The summed E-state index contributed by atoms with van der Waals surface area (Å²) in [6, 6.07) is 2.07. The molecule has 1 aliphatic heterocycles. The molecule has 0 radical (unpaired) electrons. The first-order chi connectivity index (χ1) is 7.65. The maximum absolute atomic E-state index is 11.7. The van der Waals surface area contributed by atoms with E-state index in [1.807, 2.05) is 25.6 Å². The summed E-state index contributed by atoms with van der Waals surface area (Å²) in [5.74, 6) is 0.674. The minimum Gasteiger partial charge on any atom is -0.354 e. The lowest BCUT2D eigenvalue weighted by molar-refractivity contribution is -0.124. The SMILES string of the molecule is CC(C)C(C#N)C(=O)NCC1CCCCS1. The van der Waals surface area contributed by atoms with Gasteiger partial charge in [0.1, 0.15) is 5.92 Å². The van der Waals surface area contributed by atoms with Crippen molar-refractivity contribution in [3.8, 4) is 6.07 Å². The van der Waals surface area contributed by atoms with Crippen LogP contribution in [0.4, 0.5) is 0 Å². The van der Waals surface area contributed by atoms with Gasteiger partial charge in [0, 0.05) is 11.8 Å². The average Bonchev–Trinajstić information content (AvgIpc) is 2.28. The van der Waals surface area contributed by atoms with Gasteiger partial charge in [-0.05, 0) is 24.5 Å². The van der Waals surface area contributed by atoms with Crippen LogP contribution in [0.25, 0.3) is 0 Å². The topological polar surface area (TPSA) is 52.9 Å². The number of carbonyl (C=O) groups is 1. The summed E-state index contributed by atoms with van der Waals surface area (Å²) in [5, 5.41) is 12.3. The monoisotopic (exact) mass is 240 g/mol. The lowest BCUT2D eigenvalue weighted by Gasteiger charge is -2.22. The van der Waals surface area contributed by atoms with E-state index in [-0.39, 0.29) is 11.8 Å². The third kappa shape index (κ3) is 4.05. The molecule has 1 saturated heterocycles. The zero-order valence-corrected chi connectivity index (χ0v) is 10.8. The van der Waals surface area contributed by atoms with E-state index in [2.05, 4.69) is 11.4 Å². The van der Waals surface area contributed by atoms with Crippen LogP contribution < -0.4 is 5.32 Å². The first-order valence-electron chi connectivity index (χ1n) is 5.94. The summed E-state index contributed by atoms with van der Waals surface area (Å²) in [6.07, 6.45) is 3.74. The lowest BCUT2D eigenvalue weighted by atomic mass is 9.96. The molecule has 16 heavy (non-hydrogen) atoms. The van der Waals surface area contributed by atoms with E-state index in [0.29, 0.717) is 11.8 Å². The quantitative estimate of drug-likeness (QED) is 0.819. The Bertz CT molecular complexity index is 267. The molecule has 0 aromatic heterocycles. The normalized spacial score (nSPS) is 22.5. The highest BCUT2D eigenvalue weighted by Crippen LogP contribution is 2.24. The molecule has 1 N–H and O–H groups in total. The highest BCUT2D eigenvalue weighted by atomic mass is 32.2. The number of rotatable bonds is 4. The molecule has 2 unspecified atom stereocenters. The van der Waals surface area contributed by atoms with Gasteiger partial charge in [-0.3, -0.25) is 4.79 Å². The van der Waals surface area contributed by atoms with E-state index < -0.39 is 5.92 Å². The Kier molecular flexibility index (Phi) is 5.68. The summed E-state index contributed by atoms with van der Waals surface area (Å²) in [5.41, 5.74) is 0. The third-order valence-electron chi connectivity index (χ3n) is 2.87. The Hall–Kier alpha value is -0.690. The summed E-state index contributed by atoms with van der Waals surface area (Å²) in [7, 11) is 0. The van der Waals surface area contributed by atoms with Crippen LogP contribution in [-0.4, -0.2) is 23.5 Å². The van der Waals surface area contributed by atoms with Crippen molar-refractivity contribution in [3.63, 3.8) is 0 Å². The van der Waals surface area contributed by atoms with E-state index in [9.17, 15) is 4.79 Å². The first-order valence-corrected chi connectivity index (χ1v) is 6.99. The van der Waals surface area contributed by atoms with Crippen LogP contribution in [0.5, 0.6) is 0 Å². The molecule has 0 aliphatic carbocycles. The van der Waals surface area contributed by atoms with E-state index >= 15 is 0 Å². The molecule has 3 nitrogen and oxygen atoms in total. The Labute approximate surface area is 102 Å². The Morgan fingerprint density at radius 3 is 2.81 bits per heavy atom. The predicted octanol–water partition coefficient (Wildman–Crippen LogP) is 2.18. The van der Waals surface area contributed by atoms with Crippen LogP contribution in [0.3, 0.4) is 0 Å². The number of nitriles is 1. The second-order valence-corrected chi connectivity index (χ2v) is 5.99. The summed E-state index contributed by atoms with van der Waals surface area (Å²) >= 11 is 1.94. The number of amides is 1. The van der Waals surface area contributed by atoms with Crippen LogP contribution in [0.2, 0.25) is 0 Å². The van der Waals surface area contributed by atoms with Gasteiger partial charge in [-0.1, -0.05) is 20.3 Å². The smallest absolute Gasteiger partial charge is 0.237 e. The third-order valence-corrected chi connectivity index (χ3v) is 4.26. The van der Waals surface area contributed by atoms with Crippen molar-refractivity contribution < 1.29 is 4.79 Å². The van der Waals surface area contributed by atoms with Gasteiger partial charge in [0.15, 0.2) is 0 Å².